The number of nitrogens with zero attached hydrogens (tertiary/aromatic N) is 2. The van der Waals surface area contributed by atoms with E-state index in [9.17, 15) is 4.79 Å². The average molecular weight is 249 g/mol. The Morgan fingerprint density at radius 3 is 2.78 bits per heavy atom. The van der Waals surface area contributed by atoms with E-state index in [1.807, 2.05) is 4.90 Å². The summed E-state index contributed by atoms with van der Waals surface area (Å²) in [6, 6.07) is 3.10. The largest absolute Gasteiger partial charge is 0.339 e. The normalized spacial score (nSPS) is 23.4. The quantitative estimate of drug-likeness (QED) is 0.781. The summed E-state index contributed by atoms with van der Waals surface area (Å²) < 4.78 is 0. The standard InChI is InChI=1S/C14H23N3O/c15-9-3-11-17(13-6-7-13)14(18)8-5-12-4-1-2-10-16-12/h12-13,16H,1-8,10-11H2. The molecule has 1 aliphatic heterocycles. The Bertz CT molecular complexity index is 313. The average Bonchev–Trinajstić information content (AvgIpc) is 3.22. The van der Waals surface area contributed by atoms with Crippen LogP contribution in [-0.4, -0.2) is 36.0 Å². The number of carbonyl (C=O) groups is 1. The SMILES string of the molecule is N#CCCN(C(=O)CCC1CCCCN1)C1CC1. The molecule has 2 rings (SSSR count). The predicted octanol–water partition coefficient (Wildman–Crippen LogP) is 1.81. The summed E-state index contributed by atoms with van der Waals surface area (Å²) >= 11 is 0. The Hall–Kier alpha value is -1.08. The molecule has 0 bridgehead atoms. The Balaban J connectivity index is 1.72. The van der Waals surface area contributed by atoms with Gasteiger partial charge in [-0.2, -0.15) is 5.26 Å². The van der Waals surface area contributed by atoms with Gasteiger partial charge in [-0.15, -0.1) is 0 Å². The van der Waals surface area contributed by atoms with Crippen molar-refractivity contribution in [2.24, 2.45) is 0 Å². The fourth-order valence-corrected chi connectivity index (χ4v) is 2.68. The molecule has 1 N–H and O–H groups in total. The number of rotatable bonds is 6. The lowest BCUT2D eigenvalue weighted by molar-refractivity contribution is -0.132. The van der Waals surface area contributed by atoms with Gasteiger partial charge in [0.1, 0.15) is 0 Å². The number of hydrogen-bond acceptors (Lipinski definition) is 3. The maximum Gasteiger partial charge on any atom is 0.222 e. The zero-order chi connectivity index (χ0) is 12.8. The Morgan fingerprint density at radius 2 is 2.17 bits per heavy atom. The van der Waals surface area contributed by atoms with Crippen LogP contribution >= 0.6 is 0 Å². The van der Waals surface area contributed by atoms with Crippen molar-refractivity contribution in [2.75, 3.05) is 13.1 Å². The summed E-state index contributed by atoms with van der Waals surface area (Å²) in [6.45, 7) is 1.72. The van der Waals surface area contributed by atoms with Gasteiger partial charge in [-0.25, -0.2) is 0 Å². The molecule has 4 heteroatoms. The maximum atomic E-state index is 12.2. The van der Waals surface area contributed by atoms with Crippen LogP contribution in [0.3, 0.4) is 0 Å². The third-order valence-corrected chi connectivity index (χ3v) is 3.89. The summed E-state index contributed by atoms with van der Waals surface area (Å²) in [6.07, 6.45) is 8.05. The summed E-state index contributed by atoms with van der Waals surface area (Å²) in [5.74, 6) is 0.250. The molecule has 0 spiro atoms. The number of nitriles is 1. The first-order chi connectivity index (χ1) is 8.81. The highest BCUT2D eigenvalue weighted by molar-refractivity contribution is 5.76. The molecule has 0 aromatic rings. The van der Waals surface area contributed by atoms with E-state index in [2.05, 4.69) is 11.4 Å². The highest BCUT2D eigenvalue weighted by Gasteiger charge is 2.32. The van der Waals surface area contributed by atoms with Gasteiger partial charge in [0.15, 0.2) is 0 Å². The molecule has 0 radical (unpaired) electrons. The van der Waals surface area contributed by atoms with Crippen molar-refractivity contribution in [3.63, 3.8) is 0 Å². The van der Waals surface area contributed by atoms with Crippen LogP contribution in [0.4, 0.5) is 0 Å². The van der Waals surface area contributed by atoms with Gasteiger partial charge < -0.3 is 10.2 Å². The summed E-state index contributed by atoms with van der Waals surface area (Å²) in [5.41, 5.74) is 0. The van der Waals surface area contributed by atoms with Crippen molar-refractivity contribution in [2.45, 2.75) is 63.5 Å². The van der Waals surface area contributed by atoms with Crippen molar-refractivity contribution in [1.82, 2.24) is 10.2 Å². The first-order valence-electron chi connectivity index (χ1n) is 7.21. The first-order valence-corrected chi connectivity index (χ1v) is 7.21. The zero-order valence-corrected chi connectivity index (χ0v) is 11.0. The van der Waals surface area contributed by atoms with Crippen LogP contribution < -0.4 is 5.32 Å². The molecule has 1 saturated carbocycles. The van der Waals surface area contributed by atoms with Gasteiger partial charge >= 0.3 is 0 Å². The summed E-state index contributed by atoms with van der Waals surface area (Å²) in [5, 5.41) is 12.1. The third kappa shape index (κ3) is 3.99. The zero-order valence-electron chi connectivity index (χ0n) is 11.0. The van der Waals surface area contributed by atoms with E-state index >= 15 is 0 Å². The summed E-state index contributed by atoms with van der Waals surface area (Å²) in [7, 11) is 0. The van der Waals surface area contributed by atoms with Crippen LogP contribution in [0.25, 0.3) is 0 Å². The lowest BCUT2D eigenvalue weighted by Crippen LogP contribution is -2.37. The second kappa shape index (κ2) is 6.75. The molecule has 0 aromatic carbocycles. The van der Waals surface area contributed by atoms with Crippen molar-refractivity contribution >= 4 is 5.91 Å². The van der Waals surface area contributed by atoms with E-state index in [1.165, 1.54) is 19.3 Å². The summed E-state index contributed by atoms with van der Waals surface area (Å²) in [4.78, 5) is 14.1. The molecule has 18 heavy (non-hydrogen) atoms. The smallest absolute Gasteiger partial charge is 0.222 e. The van der Waals surface area contributed by atoms with Gasteiger partial charge in [0.25, 0.3) is 0 Å². The van der Waals surface area contributed by atoms with Gasteiger partial charge in [0.2, 0.25) is 5.91 Å². The number of hydrogen-bond donors (Lipinski definition) is 1. The van der Waals surface area contributed by atoms with E-state index in [1.54, 1.807) is 0 Å². The molecule has 1 aliphatic carbocycles. The first kappa shape index (κ1) is 13.4. The van der Waals surface area contributed by atoms with Crippen LogP contribution in [0.15, 0.2) is 0 Å². The molecule has 1 saturated heterocycles. The molecule has 100 valence electrons. The molecule has 2 aliphatic rings. The highest BCUT2D eigenvalue weighted by atomic mass is 16.2. The van der Waals surface area contributed by atoms with E-state index in [4.69, 9.17) is 5.26 Å². The predicted molar refractivity (Wildman–Crippen MR) is 69.8 cm³/mol. The number of nitrogens with one attached hydrogen (secondary N) is 1. The molecule has 4 nitrogen and oxygen atoms in total. The molecule has 1 heterocycles. The number of amides is 1. The second-order valence-corrected chi connectivity index (χ2v) is 5.41. The number of piperidine rings is 1. The maximum absolute atomic E-state index is 12.2. The van der Waals surface area contributed by atoms with E-state index in [0.717, 1.165) is 25.8 Å². The van der Waals surface area contributed by atoms with Gasteiger partial charge in [-0.3, -0.25) is 4.79 Å². The number of carbonyl (C=O) groups excluding carboxylic acids is 1. The molecular weight excluding hydrogens is 226 g/mol. The van der Waals surface area contributed by atoms with Crippen LogP contribution in [-0.2, 0) is 4.79 Å². The van der Waals surface area contributed by atoms with Crippen molar-refractivity contribution in [3.8, 4) is 6.07 Å². The Morgan fingerprint density at radius 1 is 1.33 bits per heavy atom. The highest BCUT2D eigenvalue weighted by Crippen LogP contribution is 2.28. The van der Waals surface area contributed by atoms with Crippen LogP contribution in [0, 0.1) is 11.3 Å². The van der Waals surface area contributed by atoms with Gasteiger partial charge in [-0.1, -0.05) is 6.42 Å². The van der Waals surface area contributed by atoms with Gasteiger partial charge in [-0.05, 0) is 38.6 Å². The minimum atomic E-state index is 0.250. The van der Waals surface area contributed by atoms with E-state index in [-0.39, 0.29) is 5.91 Å². The monoisotopic (exact) mass is 249 g/mol. The molecular formula is C14H23N3O. The minimum absolute atomic E-state index is 0.250. The molecule has 1 atom stereocenters. The van der Waals surface area contributed by atoms with Crippen LogP contribution in [0.1, 0.15) is 51.4 Å². The molecule has 2 fully saturated rings. The lowest BCUT2D eigenvalue weighted by Gasteiger charge is -2.25. The van der Waals surface area contributed by atoms with Crippen LogP contribution in [0.5, 0.6) is 0 Å². The van der Waals surface area contributed by atoms with Crippen LogP contribution in [0.2, 0.25) is 0 Å². The van der Waals surface area contributed by atoms with Gasteiger partial charge in [0, 0.05) is 25.0 Å². The third-order valence-electron chi connectivity index (χ3n) is 3.89. The minimum Gasteiger partial charge on any atom is -0.339 e. The van der Waals surface area contributed by atoms with Crippen molar-refractivity contribution in [1.29, 1.82) is 5.26 Å². The topological polar surface area (TPSA) is 56.1 Å². The Labute approximate surface area is 109 Å². The van der Waals surface area contributed by atoms with E-state index in [0.29, 0.717) is 31.5 Å². The second-order valence-electron chi connectivity index (χ2n) is 5.41. The fraction of sp³-hybridized carbons (Fsp3) is 0.857. The van der Waals surface area contributed by atoms with E-state index < -0.39 is 0 Å². The lowest BCUT2D eigenvalue weighted by atomic mass is 10.0. The van der Waals surface area contributed by atoms with Crippen molar-refractivity contribution in [3.05, 3.63) is 0 Å². The molecule has 0 aromatic heterocycles. The fourth-order valence-electron chi connectivity index (χ4n) is 2.68. The van der Waals surface area contributed by atoms with Crippen molar-refractivity contribution < 1.29 is 4.79 Å². The van der Waals surface area contributed by atoms with Gasteiger partial charge in [0.05, 0.1) is 12.5 Å². The molecule has 1 amide bonds. The molecule has 1 unspecified atom stereocenters. The Kier molecular flexibility index (Phi) is 5.00.